The third-order valence-corrected chi connectivity index (χ3v) is 10.2. The molecule has 0 bridgehead atoms. The molecule has 0 aromatic rings. The van der Waals surface area contributed by atoms with E-state index in [4.69, 9.17) is 4.74 Å². The van der Waals surface area contributed by atoms with Gasteiger partial charge in [0, 0.05) is 0 Å². The molecule has 1 radical (unpaired) electrons. The Kier molecular flexibility index (Phi) is 11.5. The van der Waals surface area contributed by atoms with E-state index in [2.05, 4.69) is 106 Å². The van der Waals surface area contributed by atoms with Gasteiger partial charge in [0.05, 0.1) is 18.9 Å². The van der Waals surface area contributed by atoms with Crippen LogP contribution in [0.15, 0.2) is 40.6 Å². The molecule has 1 unspecified atom stereocenters. The van der Waals surface area contributed by atoms with Crippen LogP contribution in [0.4, 0.5) is 0 Å². The van der Waals surface area contributed by atoms with Crippen LogP contribution in [0.5, 0.6) is 0 Å². The van der Waals surface area contributed by atoms with E-state index in [0.29, 0.717) is 0 Å². The molecular formula is C25H41Cl2OSiTi. The normalized spacial score (nSPS) is 22.2. The number of ether oxygens (including phenoxy) is 1. The SMILES string of the molecule is CC(C)(C)OC1([Si](C)(C)C2=[C-]CC=C2)CC=C(C(C)(C)C)C=C1C(C)(C)C.[Cl-].[Cl-].[Ti+3]. The second-order valence-corrected chi connectivity index (χ2v) is 16.4. The van der Waals surface area contributed by atoms with Crippen LogP contribution < -0.4 is 24.8 Å². The van der Waals surface area contributed by atoms with E-state index in [1.807, 2.05) is 0 Å². The quantitative estimate of drug-likeness (QED) is 0.417. The third-order valence-electron chi connectivity index (χ3n) is 5.88. The van der Waals surface area contributed by atoms with Crippen LogP contribution in [-0.4, -0.2) is 18.9 Å². The molecule has 0 heterocycles. The summed E-state index contributed by atoms with van der Waals surface area (Å²) in [4.78, 5) is 0. The maximum atomic E-state index is 7.10. The maximum absolute atomic E-state index is 7.10. The van der Waals surface area contributed by atoms with Crippen molar-refractivity contribution in [2.75, 3.05) is 0 Å². The molecule has 0 aromatic heterocycles. The van der Waals surface area contributed by atoms with Crippen LogP contribution in [0.1, 0.15) is 75.2 Å². The molecule has 30 heavy (non-hydrogen) atoms. The second kappa shape index (κ2) is 10.6. The summed E-state index contributed by atoms with van der Waals surface area (Å²) < 4.78 is 7.10. The summed E-state index contributed by atoms with van der Waals surface area (Å²) in [6.45, 7) is 25.5. The zero-order valence-electron chi connectivity index (χ0n) is 20.9. The smallest absolute Gasteiger partial charge is 1.00 e. The summed E-state index contributed by atoms with van der Waals surface area (Å²) in [6.07, 6.45) is 15.0. The van der Waals surface area contributed by atoms with Crippen LogP contribution in [0.2, 0.25) is 13.1 Å². The molecule has 1 atom stereocenters. The van der Waals surface area contributed by atoms with E-state index in [1.165, 1.54) is 16.3 Å². The summed E-state index contributed by atoms with van der Waals surface area (Å²) in [7, 11) is -2.01. The Morgan fingerprint density at radius 3 is 1.83 bits per heavy atom. The fourth-order valence-corrected chi connectivity index (χ4v) is 8.24. The number of hydrogen-bond donors (Lipinski definition) is 0. The first-order valence-electron chi connectivity index (χ1n) is 10.4. The Hall–Kier alpha value is 0.431. The number of allylic oxidation sites excluding steroid dienone is 6. The molecule has 2 aliphatic rings. The van der Waals surface area contributed by atoms with Crippen molar-refractivity contribution < 1.29 is 51.3 Å². The summed E-state index contributed by atoms with van der Waals surface area (Å²) in [6, 6.07) is 0. The van der Waals surface area contributed by atoms with Gasteiger partial charge >= 0.3 is 21.7 Å². The molecule has 5 heteroatoms. The Morgan fingerprint density at radius 1 is 0.933 bits per heavy atom. The number of halogens is 2. The summed E-state index contributed by atoms with van der Waals surface area (Å²) in [5.41, 5.74) is 2.89. The molecule has 0 fully saturated rings. The second-order valence-electron chi connectivity index (χ2n) is 11.8. The molecule has 0 aliphatic heterocycles. The van der Waals surface area contributed by atoms with Gasteiger partial charge in [-0.25, -0.2) is 11.3 Å². The molecule has 2 rings (SSSR count). The van der Waals surface area contributed by atoms with Gasteiger partial charge in [0.25, 0.3) is 0 Å². The summed E-state index contributed by atoms with van der Waals surface area (Å²) in [5, 5.41) is 1.16. The van der Waals surface area contributed by atoms with Crippen molar-refractivity contribution in [3.8, 4) is 0 Å². The minimum absolute atomic E-state index is 0. The van der Waals surface area contributed by atoms with E-state index in [-0.39, 0.29) is 68.2 Å². The van der Waals surface area contributed by atoms with Gasteiger partial charge in [-0.15, -0.1) is 6.42 Å². The molecule has 0 saturated heterocycles. The fourth-order valence-electron chi connectivity index (χ4n) is 4.43. The van der Waals surface area contributed by atoms with Gasteiger partial charge < -0.3 is 29.6 Å². The van der Waals surface area contributed by atoms with E-state index >= 15 is 0 Å². The Morgan fingerprint density at radius 2 is 1.47 bits per heavy atom. The first kappa shape index (κ1) is 32.6. The minimum Gasteiger partial charge on any atom is -1.00 e. The van der Waals surface area contributed by atoms with Crippen molar-refractivity contribution in [1.29, 1.82) is 0 Å². The third kappa shape index (κ3) is 6.72. The van der Waals surface area contributed by atoms with Crippen molar-refractivity contribution in [3.05, 3.63) is 46.7 Å². The van der Waals surface area contributed by atoms with E-state index in [1.54, 1.807) is 0 Å². The molecule has 0 saturated carbocycles. The summed E-state index contributed by atoms with van der Waals surface area (Å²) in [5.74, 6) is 0. The predicted octanol–water partition coefficient (Wildman–Crippen LogP) is 1.37. The standard InChI is InChI=1S/C25H41OSi.2ClH.Ti/c1-22(2,3)19-16-17-25(26-24(7,8)9,21(18-19)23(4,5)6)27(10,11)20-14-12-13-15-20;;;/h12,14,16,18H,13,17H2,1-11H3;2*1H;/q-1;;;+3/p-2. The van der Waals surface area contributed by atoms with Gasteiger partial charge in [-0.3, -0.25) is 6.08 Å². The molecule has 0 spiro atoms. The zero-order chi connectivity index (χ0) is 20.9. The molecule has 169 valence electrons. The minimum atomic E-state index is -2.01. The van der Waals surface area contributed by atoms with Crippen molar-refractivity contribution >= 4 is 8.07 Å². The van der Waals surface area contributed by atoms with Crippen LogP contribution in [0.3, 0.4) is 0 Å². The van der Waals surface area contributed by atoms with Gasteiger partial charge in [-0.05, 0) is 49.2 Å². The Bertz CT molecular complexity index is 713. The maximum Gasteiger partial charge on any atom is 3.00 e. The van der Waals surface area contributed by atoms with E-state index in [9.17, 15) is 0 Å². The first-order chi connectivity index (χ1) is 12.0. The van der Waals surface area contributed by atoms with Crippen molar-refractivity contribution in [1.82, 2.24) is 0 Å². The molecule has 1 nitrogen and oxygen atoms in total. The van der Waals surface area contributed by atoms with Gasteiger partial charge in [-0.1, -0.05) is 66.8 Å². The largest absolute Gasteiger partial charge is 3.00 e. The van der Waals surface area contributed by atoms with Crippen LogP contribution in [-0.2, 0) is 26.5 Å². The molecular weight excluding hydrogens is 463 g/mol. The van der Waals surface area contributed by atoms with Crippen molar-refractivity contribution in [3.63, 3.8) is 0 Å². The number of rotatable bonds is 3. The Labute approximate surface area is 215 Å². The average molecular weight is 504 g/mol. The van der Waals surface area contributed by atoms with Gasteiger partial charge in [0.15, 0.2) is 0 Å². The Balaban J connectivity index is 0. The monoisotopic (exact) mass is 503 g/mol. The van der Waals surface area contributed by atoms with E-state index in [0.717, 1.165) is 12.8 Å². The zero-order valence-corrected chi connectivity index (χ0v) is 25.0. The molecule has 2 aliphatic carbocycles. The van der Waals surface area contributed by atoms with Crippen LogP contribution in [0, 0.1) is 16.9 Å². The van der Waals surface area contributed by atoms with Gasteiger partial charge in [-0.2, -0.15) is 6.08 Å². The van der Waals surface area contributed by atoms with E-state index < -0.39 is 8.07 Å². The van der Waals surface area contributed by atoms with Crippen molar-refractivity contribution in [2.45, 2.75) is 99.1 Å². The fraction of sp³-hybridized carbons (Fsp3) is 0.680. The predicted molar refractivity (Wildman–Crippen MR) is 121 cm³/mol. The average Bonchev–Trinajstić information content (AvgIpc) is 2.97. The summed E-state index contributed by atoms with van der Waals surface area (Å²) >= 11 is 0. The molecule has 0 amide bonds. The topological polar surface area (TPSA) is 9.23 Å². The van der Waals surface area contributed by atoms with Gasteiger partial charge in [0.2, 0.25) is 0 Å². The molecule has 0 N–H and O–H groups in total. The van der Waals surface area contributed by atoms with Crippen LogP contribution >= 0.6 is 0 Å². The van der Waals surface area contributed by atoms with Crippen LogP contribution in [0.25, 0.3) is 0 Å². The first-order valence-corrected chi connectivity index (χ1v) is 13.4. The number of hydrogen-bond acceptors (Lipinski definition) is 1. The van der Waals surface area contributed by atoms with Gasteiger partial charge in [0.1, 0.15) is 0 Å². The molecule has 0 aromatic carbocycles. The van der Waals surface area contributed by atoms with Crippen molar-refractivity contribution in [2.24, 2.45) is 10.8 Å².